The van der Waals surface area contributed by atoms with Crippen molar-refractivity contribution in [2.24, 2.45) is 0 Å². The van der Waals surface area contributed by atoms with E-state index in [1.807, 2.05) is 34.6 Å². The van der Waals surface area contributed by atoms with Crippen LogP contribution in [0.5, 0.6) is 0 Å². The van der Waals surface area contributed by atoms with Gasteiger partial charge in [-0.15, -0.1) is 0 Å². The Morgan fingerprint density at radius 2 is 1.48 bits per heavy atom. The van der Waals surface area contributed by atoms with Gasteiger partial charge in [0, 0.05) is 0 Å². The van der Waals surface area contributed by atoms with Gasteiger partial charge in [-0.25, -0.2) is 13.1 Å². The molecule has 2 rings (SSSR count). The Balaban J connectivity index is 2.45. The summed E-state index contributed by atoms with van der Waals surface area (Å²) < 4.78 is 33.0. The zero-order valence-electron chi connectivity index (χ0n) is 13.1. The highest BCUT2D eigenvalue weighted by molar-refractivity contribution is 7.89. The van der Waals surface area contributed by atoms with Crippen LogP contribution in [-0.4, -0.2) is 8.42 Å². The molecule has 0 amide bonds. The second kappa shape index (κ2) is 5.66. The first-order valence-corrected chi connectivity index (χ1v) is 8.33. The minimum atomic E-state index is -3.57. The Hall–Kier alpha value is -1.59. The fourth-order valence-corrected chi connectivity index (χ4v) is 4.11. The van der Waals surface area contributed by atoms with Crippen LogP contribution in [-0.2, 0) is 16.6 Å². The highest BCUT2D eigenvalue weighted by atomic mass is 32.2. The molecule has 0 saturated carbocycles. The second-order valence-corrected chi connectivity index (χ2v) is 7.06. The van der Waals surface area contributed by atoms with Crippen molar-refractivity contribution in [2.45, 2.75) is 46.1 Å². The van der Waals surface area contributed by atoms with E-state index in [0.29, 0.717) is 10.7 Å². The summed E-state index contributed by atoms with van der Waals surface area (Å²) >= 11 is 0. The molecule has 2 aromatic rings. The SMILES string of the molecule is Cc1c(C)c(C)c(S(=O)(=O)NCc2ccco2)c(C)c1C. The Bertz CT molecular complexity index is 730. The molecule has 4 nitrogen and oxygen atoms in total. The lowest BCUT2D eigenvalue weighted by molar-refractivity contribution is 0.498. The average Bonchev–Trinajstić information content (AvgIpc) is 2.94. The number of benzene rings is 1. The van der Waals surface area contributed by atoms with Crippen molar-refractivity contribution < 1.29 is 12.8 Å². The molecular weight excluding hydrogens is 286 g/mol. The van der Waals surface area contributed by atoms with Gasteiger partial charge in [-0.1, -0.05) is 0 Å². The van der Waals surface area contributed by atoms with E-state index in [1.165, 1.54) is 6.26 Å². The smallest absolute Gasteiger partial charge is 0.241 e. The van der Waals surface area contributed by atoms with Gasteiger partial charge in [-0.05, 0) is 74.6 Å². The number of hydrogen-bond acceptors (Lipinski definition) is 3. The third-order valence-corrected chi connectivity index (χ3v) is 5.89. The summed E-state index contributed by atoms with van der Waals surface area (Å²) in [6.07, 6.45) is 1.53. The molecular formula is C16H21NO3S. The van der Waals surface area contributed by atoms with Gasteiger partial charge in [0.25, 0.3) is 0 Å². The molecule has 21 heavy (non-hydrogen) atoms. The second-order valence-electron chi connectivity index (χ2n) is 5.36. The largest absolute Gasteiger partial charge is 0.468 e. The van der Waals surface area contributed by atoms with E-state index < -0.39 is 10.0 Å². The molecule has 0 radical (unpaired) electrons. The Morgan fingerprint density at radius 3 is 1.95 bits per heavy atom. The van der Waals surface area contributed by atoms with E-state index in [-0.39, 0.29) is 6.54 Å². The normalized spacial score (nSPS) is 11.9. The van der Waals surface area contributed by atoms with Crippen molar-refractivity contribution in [3.63, 3.8) is 0 Å². The molecule has 0 aliphatic heterocycles. The average molecular weight is 307 g/mol. The highest BCUT2D eigenvalue weighted by Crippen LogP contribution is 2.29. The minimum absolute atomic E-state index is 0.153. The van der Waals surface area contributed by atoms with Crippen LogP contribution in [0.2, 0.25) is 0 Å². The quantitative estimate of drug-likeness (QED) is 0.943. The van der Waals surface area contributed by atoms with Crippen LogP contribution in [0.25, 0.3) is 0 Å². The molecule has 1 heterocycles. The molecule has 0 spiro atoms. The van der Waals surface area contributed by atoms with Crippen LogP contribution in [0.3, 0.4) is 0 Å². The molecule has 5 heteroatoms. The highest BCUT2D eigenvalue weighted by Gasteiger charge is 2.23. The van der Waals surface area contributed by atoms with Crippen molar-refractivity contribution in [3.8, 4) is 0 Å². The van der Waals surface area contributed by atoms with E-state index in [2.05, 4.69) is 4.72 Å². The standard InChI is InChI=1S/C16H21NO3S/c1-10-11(2)13(4)16(14(5)12(10)3)21(18,19)17-9-15-7-6-8-20-15/h6-8,17H,9H2,1-5H3. The van der Waals surface area contributed by atoms with E-state index in [1.54, 1.807) is 12.1 Å². The zero-order valence-corrected chi connectivity index (χ0v) is 13.9. The Kier molecular flexibility index (Phi) is 4.25. The van der Waals surface area contributed by atoms with Crippen LogP contribution in [0.1, 0.15) is 33.6 Å². The summed E-state index contributed by atoms with van der Waals surface area (Å²) in [6.45, 7) is 9.81. The molecule has 0 aliphatic rings. The van der Waals surface area contributed by atoms with Gasteiger partial charge in [0.1, 0.15) is 5.76 Å². The molecule has 0 saturated heterocycles. The third kappa shape index (κ3) is 2.89. The van der Waals surface area contributed by atoms with E-state index >= 15 is 0 Å². The zero-order chi connectivity index (χ0) is 15.8. The molecule has 0 atom stereocenters. The van der Waals surface area contributed by atoms with E-state index in [0.717, 1.165) is 27.8 Å². The number of rotatable bonds is 4. The van der Waals surface area contributed by atoms with Crippen molar-refractivity contribution >= 4 is 10.0 Å². The van der Waals surface area contributed by atoms with Crippen LogP contribution in [0.15, 0.2) is 27.7 Å². The molecule has 0 unspecified atom stereocenters. The van der Waals surface area contributed by atoms with Gasteiger partial charge in [0.15, 0.2) is 0 Å². The van der Waals surface area contributed by atoms with Gasteiger partial charge in [0.05, 0.1) is 17.7 Å². The van der Waals surface area contributed by atoms with Gasteiger partial charge in [0.2, 0.25) is 10.0 Å². The van der Waals surface area contributed by atoms with Crippen molar-refractivity contribution in [2.75, 3.05) is 0 Å². The van der Waals surface area contributed by atoms with Crippen LogP contribution >= 0.6 is 0 Å². The summed E-state index contributed by atoms with van der Waals surface area (Å²) in [5, 5.41) is 0. The Morgan fingerprint density at radius 1 is 0.952 bits per heavy atom. The summed E-state index contributed by atoms with van der Waals surface area (Å²) in [5.74, 6) is 0.592. The maximum atomic E-state index is 12.6. The third-order valence-electron chi connectivity index (χ3n) is 4.22. The molecule has 114 valence electrons. The van der Waals surface area contributed by atoms with Gasteiger partial charge >= 0.3 is 0 Å². The predicted molar refractivity (Wildman–Crippen MR) is 82.9 cm³/mol. The van der Waals surface area contributed by atoms with Crippen LogP contribution < -0.4 is 4.72 Å². The summed E-state index contributed by atoms with van der Waals surface area (Å²) in [7, 11) is -3.57. The Labute approximate surface area is 126 Å². The molecule has 1 aromatic carbocycles. The number of hydrogen-bond donors (Lipinski definition) is 1. The lowest BCUT2D eigenvalue weighted by atomic mass is 9.95. The first-order chi connectivity index (χ1) is 9.75. The molecule has 1 aromatic heterocycles. The van der Waals surface area contributed by atoms with Crippen LogP contribution in [0.4, 0.5) is 0 Å². The lowest BCUT2D eigenvalue weighted by Gasteiger charge is -2.18. The van der Waals surface area contributed by atoms with Crippen molar-refractivity contribution in [1.29, 1.82) is 0 Å². The van der Waals surface area contributed by atoms with Crippen LogP contribution in [0, 0.1) is 34.6 Å². The monoisotopic (exact) mass is 307 g/mol. The maximum Gasteiger partial charge on any atom is 0.241 e. The summed E-state index contributed by atoms with van der Waals surface area (Å²) in [5.41, 5.74) is 4.81. The maximum absolute atomic E-state index is 12.6. The number of sulfonamides is 1. The number of furan rings is 1. The van der Waals surface area contributed by atoms with Crippen molar-refractivity contribution in [1.82, 2.24) is 4.72 Å². The van der Waals surface area contributed by atoms with Gasteiger partial charge in [-0.3, -0.25) is 0 Å². The van der Waals surface area contributed by atoms with E-state index in [4.69, 9.17) is 4.42 Å². The first kappa shape index (κ1) is 15.8. The molecule has 0 bridgehead atoms. The fraction of sp³-hybridized carbons (Fsp3) is 0.375. The van der Waals surface area contributed by atoms with E-state index in [9.17, 15) is 8.42 Å². The van der Waals surface area contributed by atoms with Crippen molar-refractivity contribution in [3.05, 3.63) is 52.0 Å². The molecule has 0 aliphatic carbocycles. The molecule has 0 fully saturated rings. The first-order valence-electron chi connectivity index (χ1n) is 6.84. The minimum Gasteiger partial charge on any atom is -0.468 e. The van der Waals surface area contributed by atoms with Gasteiger partial charge < -0.3 is 4.42 Å². The van der Waals surface area contributed by atoms with Gasteiger partial charge in [-0.2, -0.15) is 0 Å². The summed E-state index contributed by atoms with van der Waals surface area (Å²) in [6, 6.07) is 3.48. The molecule has 1 N–H and O–H groups in total. The fourth-order valence-electron chi connectivity index (χ4n) is 2.52. The number of nitrogens with one attached hydrogen (secondary N) is 1. The topological polar surface area (TPSA) is 59.3 Å². The predicted octanol–water partition coefficient (Wildman–Crippen LogP) is 3.30. The summed E-state index contributed by atoms with van der Waals surface area (Å²) in [4.78, 5) is 0.384. The lowest BCUT2D eigenvalue weighted by Crippen LogP contribution is -2.25.